The number of carbonyl (C=O) groups excluding carboxylic acids is 2. The first kappa shape index (κ1) is 24.5. The number of nitrogens with zero attached hydrogens (tertiary/aromatic N) is 1. The number of amides is 2. The normalized spacial score (nSPS) is 11.6. The van der Waals surface area contributed by atoms with Gasteiger partial charge >= 0.3 is 0 Å². The van der Waals surface area contributed by atoms with Gasteiger partial charge < -0.3 is 15.0 Å². The van der Waals surface area contributed by atoms with Gasteiger partial charge in [-0.25, -0.2) is 0 Å². The summed E-state index contributed by atoms with van der Waals surface area (Å²) in [5.74, 6) is -0.0167. The molecule has 1 N–H and O–H groups in total. The molecule has 2 aromatic rings. The van der Waals surface area contributed by atoms with E-state index in [0.29, 0.717) is 26.8 Å². The van der Waals surface area contributed by atoms with Crippen LogP contribution in [0.3, 0.4) is 0 Å². The number of unbranched alkanes of at least 4 members (excludes halogenated alkanes) is 1. The maximum atomic E-state index is 13.0. The number of hydrogen-bond acceptors (Lipinski definition) is 3. The van der Waals surface area contributed by atoms with E-state index in [1.54, 1.807) is 37.3 Å². The zero-order valence-corrected chi connectivity index (χ0v) is 20.1. The summed E-state index contributed by atoms with van der Waals surface area (Å²) in [6.45, 7) is 4.37. The lowest BCUT2D eigenvalue weighted by atomic mass is 10.1. The molecule has 0 saturated carbocycles. The van der Waals surface area contributed by atoms with Crippen molar-refractivity contribution in [3.8, 4) is 5.75 Å². The average Bonchev–Trinajstić information content (AvgIpc) is 2.71. The number of rotatable bonds is 10. The summed E-state index contributed by atoms with van der Waals surface area (Å²) in [4.78, 5) is 27.1. The molecule has 5 nitrogen and oxygen atoms in total. The lowest BCUT2D eigenvalue weighted by molar-refractivity contribution is -0.142. The molecule has 0 aliphatic heterocycles. The van der Waals surface area contributed by atoms with Gasteiger partial charge in [-0.2, -0.15) is 0 Å². The third-order valence-corrected chi connectivity index (χ3v) is 5.57. The van der Waals surface area contributed by atoms with E-state index in [1.807, 2.05) is 12.1 Å². The molecule has 8 heteroatoms. The van der Waals surface area contributed by atoms with Crippen LogP contribution in [0.15, 0.2) is 46.9 Å². The SMILES string of the molecule is CCCCNC(=O)[C@H](C)N(Cc1cccc(Cl)c1)C(=O)COc1ccc(Cl)cc1Br. The molecular formula is C22H25BrCl2N2O3. The first-order chi connectivity index (χ1) is 14.3. The van der Waals surface area contributed by atoms with Crippen molar-refractivity contribution >= 4 is 50.9 Å². The largest absolute Gasteiger partial charge is 0.483 e. The third kappa shape index (κ3) is 7.49. The van der Waals surface area contributed by atoms with E-state index in [0.717, 1.165) is 18.4 Å². The molecule has 0 bridgehead atoms. The van der Waals surface area contributed by atoms with E-state index in [2.05, 4.69) is 28.2 Å². The van der Waals surface area contributed by atoms with Crippen LogP contribution in [-0.2, 0) is 16.1 Å². The Kier molecular flexibility index (Phi) is 9.95. The fraction of sp³-hybridized carbons (Fsp3) is 0.364. The van der Waals surface area contributed by atoms with Gasteiger partial charge in [0.25, 0.3) is 5.91 Å². The Hall–Kier alpha value is -1.76. The molecular weight excluding hydrogens is 491 g/mol. The molecule has 0 aliphatic carbocycles. The van der Waals surface area contributed by atoms with E-state index >= 15 is 0 Å². The molecule has 0 spiro atoms. The zero-order chi connectivity index (χ0) is 22.1. The summed E-state index contributed by atoms with van der Waals surface area (Å²) < 4.78 is 6.32. The van der Waals surface area contributed by atoms with Gasteiger partial charge in [0.2, 0.25) is 5.91 Å². The first-order valence-corrected chi connectivity index (χ1v) is 11.3. The predicted octanol–water partition coefficient (Wildman–Crippen LogP) is 5.47. The quantitative estimate of drug-likeness (QED) is 0.427. The molecule has 0 aromatic heterocycles. The minimum absolute atomic E-state index is 0.202. The molecule has 2 amide bonds. The maximum Gasteiger partial charge on any atom is 0.261 e. The molecule has 2 rings (SSSR count). The lowest BCUT2D eigenvalue weighted by Crippen LogP contribution is -2.49. The standard InChI is InChI=1S/C22H25BrCl2N2O3/c1-3-4-10-26-22(29)15(2)27(13-16-6-5-7-17(24)11-16)21(28)14-30-20-9-8-18(25)12-19(20)23/h5-9,11-12,15H,3-4,10,13-14H2,1-2H3,(H,26,29)/t15-/m0/s1. The van der Waals surface area contributed by atoms with Gasteiger partial charge in [0.15, 0.2) is 6.61 Å². The second-order valence-electron chi connectivity index (χ2n) is 6.84. The average molecular weight is 516 g/mol. The Morgan fingerprint density at radius 1 is 1.17 bits per heavy atom. The van der Waals surface area contributed by atoms with Crippen LogP contribution < -0.4 is 10.1 Å². The molecule has 0 fully saturated rings. The smallest absolute Gasteiger partial charge is 0.261 e. The molecule has 2 aromatic carbocycles. The summed E-state index contributed by atoms with van der Waals surface area (Å²) in [6, 6.07) is 11.6. The highest BCUT2D eigenvalue weighted by Gasteiger charge is 2.26. The predicted molar refractivity (Wildman–Crippen MR) is 124 cm³/mol. The highest BCUT2D eigenvalue weighted by molar-refractivity contribution is 9.10. The van der Waals surface area contributed by atoms with E-state index in [9.17, 15) is 9.59 Å². The molecule has 0 unspecified atom stereocenters. The van der Waals surface area contributed by atoms with Crippen molar-refractivity contribution in [3.05, 3.63) is 62.5 Å². The van der Waals surface area contributed by atoms with Gasteiger partial charge in [-0.15, -0.1) is 0 Å². The van der Waals surface area contributed by atoms with E-state index < -0.39 is 6.04 Å². The summed E-state index contributed by atoms with van der Waals surface area (Å²) in [6.07, 6.45) is 1.86. The summed E-state index contributed by atoms with van der Waals surface area (Å²) in [7, 11) is 0. The molecule has 0 saturated heterocycles. The van der Waals surface area contributed by atoms with Crippen molar-refractivity contribution in [1.29, 1.82) is 0 Å². The van der Waals surface area contributed by atoms with Crippen LogP contribution in [0.25, 0.3) is 0 Å². The topological polar surface area (TPSA) is 58.6 Å². The van der Waals surface area contributed by atoms with Crippen LogP contribution in [0.2, 0.25) is 10.0 Å². The highest BCUT2D eigenvalue weighted by Crippen LogP contribution is 2.28. The zero-order valence-electron chi connectivity index (χ0n) is 17.0. The Morgan fingerprint density at radius 3 is 2.57 bits per heavy atom. The van der Waals surface area contributed by atoms with Crippen molar-refractivity contribution in [3.63, 3.8) is 0 Å². The number of hydrogen-bond donors (Lipinski definition) is 1. The molecule has 0 radical (unpaired) electrons. The summed E-state index contributed by atoms with van der Waals surface area (Å²) in [5.41, 5.74) is 0.830. The van der Waals surface area contributed by atoms with Gasteiger partial charge in [-0.1, -0.05) is 48.7 Å². The molecule has 0 heterocycles. The first-order valence-electron chi connectivity index (χ1n) is 9.71. The van der Waals surface area contributed by atoms with Gasteiger partial charge in [0, 0.05) is 23.1 Å². The van der Waals surface area contributed by atoms with Crippen molar-refractivity contribution in [1.82, 2.24) is 10.2 Å². The third-order valence-electron chi connectivity index (χ3n) is 4.48. The van der Waals surface area contributed by atoms with Crippen molar-refractivity contribution in [2.75, 3.05) is 13.2 Å². The van der Waals surface area contributed by atoms with Crippen LogP contribution in [-0.4, -0.2) is 35.9 Å². The molecule has 0 aliphatic rings. The Morgan fingerprint density at radius 2 is 1.90 bits per heavy atom. The van der Waals surface area contributed by atoms with E-state index in [-0.39, 0.29) is 25.0 Å². The fourth-order valence-electron chi connectivity index (χ4n) is 2.77. The van der Waals surface area contributed by atoms with Crippen molar-refractivity contribution < 1.29 is 14.3 Å². The van der Waals surface area contributed by atoms with Crippen LogP contribution in [0.5, 0.6) is 5.75 Å². The molecule has 1 atom stereocenters. The van der Waals surface area contributed by atoms with Crippen LogP contribution in [0.4, 0.5) is 0 Å². The van der Waals surface area contributed by atoms with E-state index in [4.69, 9.17) is 27.9 Å². The minimum Gasteiger partial charge on any atom is -0.483 e. The molecule has 30 heavy (non-hydrogen) atoms. The second kappa shape index (κ2) is 12.2. The van der Waals surface area contributed by atoms with Gasteiger partial charge in [0.1, 0.15) is 11.8 Å². The van der Waals surface area contributed by atoms with Crippen LogP contribution >= 0.6 is 39.1 Å². The number of carbonyl (C=O) groups is 2. The number of benzene rings is 2. The molecule has 162 valence electrons. The monoisotopic (exact) mass is 514 g/mol. The number of nitrogens with one attached hydrogen (secondary N) is 1. The maximum absolute atomic E-state index is 13.0. The fourth-order valence-corrected chi connectivity index (χ4v) is 3.78. The summed E-state index contributed by atoms with van der Waals surface area (Å²) in [5, 5.41) is 4.01. The number of ether oxygens (including phenoxy) is 1. The highest BCUT2D eigenvalue weighted by atomic mass is 79.9. The Balaban J connectivity index is 2.13. The van der Waals surface area contributed by atoms with Gasteiger partial charge in [-0.05, 0) is 65.2 Å². The van der Waals surface area contributed by atoms with Gasteiger partial charge in [0.05, 0.1) is 4.47 Å². The van der Waals surface area contributed by atoms with Crippen molar-refractivity contribution in [2.45, 2.75) is 39.3 Å². The minimum atomic E-state index is -0.661. The van der Waals surface area contributed by atoms with Gasteiger partial charge in [-0.3, -0.25) is 9.59 Å². The number of halogens is 3. The van der Waals surface area contributed by atoms with Crippen LogP contribution in [0, 0.1) is 0 Å². The van der Waals surface area contributed by atoms with Crippen molar-refractivity contribution in [2.24, 2.45) is 0 Å². The van der Waals surface area contributed by atoms with Crippen LogP contribution in [0.1, 0.15) is 32.3 Å². The lowest BCUT2D eigenvalue weighted by Gasteiger charge is -2.29. The Bertz CT molecular complexity index is 879. The second-order valence-corrected chi connectivity index (χ2v) is 8.56. The van der Waals surface area contributed by atoms with E-state index in [1.165, 1.54) is 4.90 Å². The Labute approximate surface area is 195 Å². The summed E-state index contributed by atoms with van der Waals surface area (Å²) >= 11 is 15.4.